The largest absolute Gasteiger partial charge is 0.494 e. The maximum absolute atomic E-state index is 12.5. The van der Waals surface area contributed by atoms with Crippen LogP contribution in [0.15, 0.2) is 18.5 Å². The number of aliphatic hydroxyl groups is 1. The van der Waals surface area contributed by atoms with Crippen LogP contribution in [-0.4, -0.2) is 28.0 Å². The fraction of sp³-hybridized carbons (Fsp3) is 0.300. The number of hydrogen-bond donors (Lipinski definition) is 2. The molecule has 9 heteroatoms. The molecule has 1 unspecified atom stereocenters. The van der Waals surface area contributed by atoms with Crippen molar-refractivity contribution in [2.75, 3.05) is 12.8 Å². The van der Waals surface area contributed by atoms with Crippen LogP contribution >= 0.6 is 12.4 Å². The van der Waals surface area contributed by atoms with Crippen molar-refractivity contribution in [2.24, 2.45) is 0 Å². The third-order valence-electron chi connectivity index (χ3n) is 2.51. The Kier molecular flexibility index (Phi) is 4.16. The van der Waals surface area contributed by atoms with Gasteiger partial charge in [0.25, 0.3) is 0 Å². The molecule has 1 atom stereocenters. The standard InChI is InChI=1S/C10H10F3N3O2.ClH/c1-18-8-5(9(17)10(11,12)13)2-3-16-7(8)6(14)4-15-16;/h2-4,9,17H,14H2,1H3;1H. The summed E-state index contributed by atoms with van der Waals surface area (Å²) in [5.41, 5.74) is 5.57. The minimum atomic E-state index is -4.78. The van der Waals surface area contributed by atoms with Crippen LogP contribution in [0.1, 0.15) is 11.7 Å². The molecule has 0 bridgehead atoms. The van der Waals surface area contributed by atoms with E-state index in [9.17, 15) is 18.3 Å². The smallest absolute Gasteiger partial charge is 0.418 e. The van der Waals surface area contributed by atoms with Gasteiger partial charge in [0, 0.05) is 11.8 Å². The van der Waals surface area contributed by atoms with Crippen LogP contribution in [-0.2, 0) is 0 Å². The predicted molar refractivity (Wildman–Crippen MR) is 64.4 cm³/mol. The van der Waals surface area contributed by atoms with E-state index in [1.165, 1.54) is 24.0 Å². The Morgan fingerprint density at radius 3 is 2.63 bits per heavy atom. The van der Waals surface area contributed by atoms with Crippen molar-refractivity contribution in [2.45, 2.75) is 12.3 Å². The van der Waals surface area contributed by atoms with Gasteiger partial charge in [-0.05, 0) is 6.07 Å². The number of ether oxygens (including phenoxy) is 1. The fourth-order valence-electron chi connectivity index (χ4n) is 1.69. The molecule has 0 aliphatic heterocycles. The first-order chi connectivity index (χ1) is 8.36. The maximum atomic E-state index is 12.5. The zero-order chi connectivity index (χ0) is 13.5. The molecule has 106 valence electrons. The zero-order valence-electron chi connectivity index (χ0n) is 9.68. The first-order valence-corrected chi connectivity index (χ1v) is 4.90. The van der Waals surface area contributed by atoms with Crippen molar-refractivity contribution in [1.82, 2.24) is 9.61 Å². The molecule has 2 rings (SSSR count). The molecule has 0 aliphatic carbocycles. The number of pyridine rings is 1. The Hall–Kier alpha value is -1.67. The van der Waals surface area contributed by atoms with Crippen molar-refractivity contribution < 1.29 is 23.0 Å². The fourth-order valence-corrected chi connectivity index (χ4v) is 1.69. The van der Waals surface area contributed by atoms with Gasteiger partial charge in [-0.25, -0.2) is 4.52 Å². The molecule has 0 radical (unpaired) electrons. The highest BCUT2D eigenvalue weighted by Gasteiger charge is 2.41. The van der Waals surface area contributed by atoms with Gasteiger partial charge in [-0.2, -0.15) is 18.3 Å². The average molecular weight is 298 g/mol. The zero-order valence-corrected chi connectivity index (χ0v) is 10.5. The summed E-state index contributed by atoms with van der Waals surface area (Å²) >= 11 is 0. The number of methoxy groups -OCH3 is 1. The number of fused-ring (bicyclic) bond motifs is 1. The van der Waals surface area contributed by atoms with E-state index in [-0.39, 0.29) is 29.4 Å². The van der Waals surface area contributed by atoms with Gasteiger partial charge < -0.3 is 15.6 Å². The number of halogens is 4. The van der Waals surface area contributed by atoms with Gasteiger partial charge in [-0.1, -0.05) is 0 Å². The number of rotatable bonds is 2. The van der Waals surface area contributed by atoms with E-state index in [4.69, 9.17) is 10.5 Å². The molecule has 2 aromatic rings. The molecule has 0 fully saturated rings. The highest BCUT2D eigenvalue weighted by molar-refractivity contribution is 5.85. The summed E-state index contributed by atoms with van der Waals surface area (Å²) in [5.74, 6) is -0.141. The number of aliphatic hydroxyl groups excluding tert-OH is 1. The lowest BCUT2D eigenvalue weighted by Gasteiger charge is -2.18. The van der Waals surface area contributed by atoms with Crippen molar-refractivity contribution >= 4 is 23.6 Å². The second-order valence-corrected chi connectivity index (χ2v) is 3.64. The SMILES string of the molecule is COc1c(C(O)C(F)(F)F)ccn2ncc(N)c12.Cl. The number of nitrogens with zero attached hydrogens (tertiary/aromatic N) is 2. The number of hydrogen-bond acceptors (Lipinski definition) is 4. The Morgan fingerprint density at radius 1 is 1.47 bits per heavy atom. The number of anilines is 1. The Balaban J connectivity index is 0.00000180. The van der Waals surface area contributed by atoms with Crippen LogP contribution in [0.25, 0.3) is 5.52 Å². The number of nitrogens with two attached hydrogens (primary N) is 1. The summed E-state index contributed by atoms with van der Waals surface area (Å²) < 4.78 is 43.7. The van der Waals surface area contributed by atoms with Gasteiger partial charge in [-0.15, -0.1) is 12.4 Å². The van der Waals surface area contributed by atoms with Gasteiger partial charge in [0.2, 0.25) is 0 Å². The molecule has 0 saturated heterocycles. The molecule has 5 nitrogen and oxygen atoms in total. The Labute approximate surface area is 112 Å². The predicted octanol–water partition coefficient (Wildman–Crippen LogP) is 1.94. The van der Waals surface area contributed by atoms with Crippen LogP contribution in [0.2, 0.25) is 0 Å². The van der Waals surface area contributed by atoms with Crippen LogP contribution in [0.3, 0.4) is 0 Å². The minimum absolute atomic E-state index is 0. The topological polar surface area (TPSA) is 72.8 Å². The van der Waals surface area contributed by atoms with Gasteiger partial charge in [0.1, 0.15) is 5.52 Å². The molecule has 19 heavy (non-hydrogen) atoms. The summed E-state index contributed by atoms with van der Waals surface area (Å²) in [4.78, 5) is 0. The number of aromatic nitrogens is 2. The Morgan fingerprint density at radius 2 is 2.11 bits per heavy atom. The lowest BCUT2D eigenvalue weighted by atomic mass is 10.1. The van der Waals surface area contributed by atoms with E-state index in [1.54, 1.807) is 0 Å². The van der Waals surface area contributed by atoms with E-state index in [1.807, 2.05) is 0 Å². The van der Waals surface area contributed by atoms with E-state index >= 15 is 0 Å². The second-order valence-electron chi connectivity index (χ2n) is 3.64. The summed E-state index contributed by atoms with van der Waals surface area (Å²) in [5, 5.41) is 13.1. The first-order valence-electron chi connectivity index (χ1n) is 4.90. The highest BCUT2D eigenvalue weighted by Crippen LogP contribution is 2.39. The number of nitrogen functional groups attached to an aromatic ring is 1. The quantitative estimate of drug-likeness (QED) is 0.888. The van der Waals surface area contributed by atoms with E-state index in [0.29, 0.717) is 0 Å². The third-order valence-corrected chi connectivity index (χ3v) is 2.51. The minimum Gasteiger partial charge on any atom is -0.494 e. The second kappa shape index (κ2) is 5.14. The molecule has 3 N–H and O–H groups in total. The summed E-state index contributed by atoms with van der Waals surface area (Å²) in [7, 11) is 1.20. The number of alkyl halides is 3. The Bertz CT molecular complexity index is 585. The maximum Gasteiger partial charge on any atom is 0.418 e. The van der Waals surface area contributed by atoms with Crippen molar-refractivity contribution in [3.8, 4) is 5.75 Å². The lowest BCUT2D eigenvalue weighted by Crippen LogP contribution is -2.21. The van der Waals surface area contributed by atoms with Crippen LogP contribution in [0.5, 0.6) is 5.75 Å². The van der Waals surface area contributed by atoms with Crippen molar-refractivity contribution in [1.29, 1.82) is 0 Å². The summed E-state index contributed by atoms with van der Waals surface area (Å²) in [6.45, 7) is 0. The van der Waals surface area contributed by atoms with Gasteiger partial charge >= 0.3 is 6.18 Å². The molecular formula is C10H11ClF3N3O2. The molecule has 0 saturated carbocycles. The monoisotopic (exact) mass is 297 g/mol. The van der Waals surface area contributed by atoms with E-state index in [0.717, 1.165) is 6.07 Å². The van der Waals surface area contributed by atoms with Gasteiger partial charge in [-0.3, -0.25) is 0 Å². The third kappa shape index (κ3) is 2.54. The average Bonchev–Trinajstić information content (AvgIpc) is 2.68. The first kappa shape index (κ1) is 15.4. The highest BCUT2D eigenvalue weighted by atomic mass is 35.5. The van der Waals surface area contributed by atoms with Crippen LogP contribution in [0, 0.1) is 0 Å². The van der Waals surface area contributed by atoms with Crippen molar-refractivity contribution in [3.63, 3.8) is 0 Å². The van der Waals surface area contributed by atoms with Crippen molar-refractivity contribution in [3.05, 3.63) is 24.0 Å². The lowest BCUT2D eigenvalue weighted by molar-refractivity contribution is -0.207. The van der Waals surface area contributed by atoms with Gasteiger partial charge in [0.05, 0.1) is 19.0 Å². The van der Waals surface area contributed by atoms with E-state index in [2.05, 4.69) is 5.10 Å². The van der Waals surface area contributed by atoms with Gasteiger partial charge in [0.15, 0.2) is 11.9 Å². The summed E-state index contributed by atoms with van der Waals surface area (Å²) in [6, 6.07) is 1.09. The molecule has 0 aromatic carbocycles. The molecule has 0 aliphatic rings. The molecule has 0 spiro atoms. The molecule has 0 amide bonds. The van der Waals surface area contributed by atoms with Crippen LogP contribution < -0.4 is 10.5 Å². The normalized spacial score (nSPS) is 13.1. The molecular weight excluding hydrogens is 287 g/mol. The van der Waals surface area contributed by atoms with E-state index < -0.39 is 17.8 Å². The molecule has 2 aromatic heterocycles. The molecule has 2 heterocycles. The van der Waals surface area contributed by atoms with Crippen LogP contribution in [0.4, 0.5) is 18.9 Å². The summed E-state index contributed by atoms with van der Waals surface area (Å²) in [6.07, 6.45) is -4.84.